The molecule has 0 saturated heterocycles. The Bertz CT molecular complexity index is 1120. The van der Waals surface area contributed by atoms with Crippen molar-refractivity contribution in [3.8, 4) is 0 Å². The van der Waals surface area contributed by atoms with Gasteiger partial charge >= 0.3 is 0 Å². The van der Waals surface area contributed by atoms with Gasteiger partial charge in [-0.2, -0.15) is 4.31 Å². The van der Waals surface area contributed by atoms with Crippen LogP contribution in [0.5, 0.6) is 0 Å². The van der Waals surface area contributed by atoms with E-state index in [9.17, 15) is 8.42 Å². The van der Waals surface area contributed by atoms with E-state index in [1.54, 1.807) is 12.1 Å². The molecule has 0 bridgehead atoms. The molecule has 4 rings (SSSR count). The zero-order valence-corrected chi connectivity index (χ0v) is 17.3. The van der Waals surface area contributed by atoms with Crippen LogP contribution in [0.4, 0.5) is 0 Å². The van der Waals surface area contributed by atoms with Crippen molar-refractivity contribution >= 4 is 49.6 Å². The molecule has 0 saturated carbocycles. The number of aryl methyl sites for hydroxylation is 1. The highest BCUT2D eigenvalue weighted by Crippen LogP contribution is 2.33. The number of thiophene rings is 1. The van der Waals surface area contributed by atoms with Crippen LogP contribution in [0, 0.1) is 0 Å². The van der Waals surface area contributed by atoms with Crippen molar-refractivity contribution in [3.05, 3.63) is 52.6 Å². The molecule has 5 nitrogen and oxygen atoms in total. The number of nitrogens with zero attached hydrogens (tertiary/aromatic N) is 3. The number of hydrogen-bond acceptors (Lipinski definition) is 4. The number of pyridine rings is 1. The summed E-state index contributed by atoms with van der Waals surface area (Å²) in [6.45, 7) is 3.90. The van der Waals surface area contributed by atoms with Crippen LogP contribution >= 0.6 is 22.9 Å². The lowest BCUT2D eigenvalue weighted by Gasteiger charge is -2.25. The van der Waals surface area contributed by atoms with E-state index in [4.69, 9.17) is 11.6 Å². The minimum Gasteiger partial charge on any atom is -0.332 e. The van der Waals surface area contributed by atoms with Gasteiger partial charge in [-0.1, -0.05) is 24.6 Å². The fraction of sp³-hybridized carbons (Fsp3) is 0.316. The Morgan fingerprint density at radius 1 is 1.30 bits per heavy atom. The lowest BCUT2D eigenvalue weighted by atomic mass is 10.0. The van der Waals surface area contributed by atoms with Crippen LogP contribution in [0.25, 0.3) is 16.6 Å². The van der Waals surface area contributed by atoms with Crippen molar-refractivity contribution in [2.45, 2.75) is 30.5 Å². The highest BCUT2D eigenvalue weighted by molar-refractivity contribution is 7.91. The maximum atomic E-state index is 12.8. The van der Waals surface area contributed by atoms with E-state index in [1.165, 1.54) is 9.88 Å². The van der Waals surface area contributed by atoms with Gasteiger partial charge < -0.3 is 4.57 Å². The monoisotopic (exact) mass is 421 g/mol. The van der Waals surface area contributed by atoms with Gasteiger partial charge in [-0.15, -0.1) is 11.3 Å². The highest BCUT2D eigenvalue weighted by atomic mass is 35.5. The summed E-state index contributed by atoms with van der Waals surface area (Å²) in [5, 5.41) is 1.12. The summed E-state index contributed by atoms with van der Waals surface area (Å²) in [4.78, 5) is 4.53. The van der Waals surface area contributed by atoms with Crippen molar-refractivity contribution in [1.82, 2.24) is 13.9 Å². The summed E-state index contributed by atoms with van der Waals surface area (Å²) < 4.78 is 30.0. The molecular weight excluding hydrogens is 402 g/mol. The van der Waals surface area contributed by atoms with Crippen LogP contribution in [0.3, 0.4) is 0 Å². The SMILES string of the molecule is CCCn1cc(C2=CCN(S(=O)(=O)c3ccc(Cl)s3)CC2)c2cccnc21. The predicted octanol–water partition coefficient (Wildman–Crippen LogP) is 4.64. The van der Waals surface area contributed by atoms with Crippen LogP contribution < -0.4 is 0 Å². The number of fused-ring (bicyclic) bond motifs is 1. The molecule has 0 radical (unpaired) electrons. The van der Waals surface area contributed by atoms with E-state index in [2.05, 4.69) is 28.7 Å². The number of aromatic nitrogens is 2. The van der Waals surface area contributed by atoms with Crippen molar-refractivity contribution in [3.63, 3.8) is 0 Å². The Hall–Kier alpha value is -1.67. The van der Waals surface area contributed by atoms with Gasteiger partial charge in [0.15, 0.2) is 0 Å². The second kappa shape index (κ2) is 7.39. The summed E-state index contributed by atoms with van der Waals surface area (Å²) in [6.07, 6.45) is 7.70. The molecule has 0 N–H and O–H groups in total. The van der Waals surface area contributed by atoms with E-state index in [0.29, 0.717) is 28.1 Å². The van der Waals surface area contributed by atoms with Gasteiger partial charge in [0.05, 0.1) is 4.34 Å². The Morgan fingerprint density at radius 2 is 2.15 bits per heavy atom. The van der Waals surface area contributed by atoms with Crippen LogP contribution in [-0.4, -0.2) is 35.4 Å². The third kappa shape index (κ3) is 3.45. The summed E-state index contributed by atoms with van der Waals surface area (Å²) in [5.74, 6) is 0. The zero-order valence-electron chi connectivity index (χ0n) is 14.9. The molecule has 0 atom stereocenters. The Morgan fingerprint density at radius 3 is 2.81 bits per heavy atom. The third-order valence-electron chi connectivity index (χ3n) is 4.76. The van der Waals surface area contributed by atoms with Crippen molar-refractivity contribution in [2.75, 3.05) is 13.1 Å². The van der Waals surface area contributed by atoms with Crippen LogP contribution in [0.15, 0.2) is 46.9 Å². The fourth-order valence-corrected chi connectivity index (χ4v) is 6.48. The minimum absolute atomic E-state index is 0.299. The van der Waals surface area contributed by atoms with Gasteiger partial charge in [-0.25, -0.2) is 13.4 Å². The lowest BCUT2D eigenvalue weighted by Crippen LogP contribution is -2.34. The predicted molar refractivity (Wildman–Crippen MR) is 111 cm³/mol. The fourth-order valence-electron chi connectivity index (χ4n) is 3.47. The van der Waals surface area contributed by atoms with E-state index in [1.807, 2.05) is 18.3 Å². The van der Waals surface area contributed by atoms with E-state index >= 15 is 0 Å². The summed E-state index contributed by atoms with van der Waals surface area (Å²) in [7, 11) is -3.49. The molecule has 1 aliphatic heterocycles. The molecule has 0 fully saturated rings. The molecule has 0 aliphatic carbocycles. The maximum Gasteiger partial charge on any atom is 0.252 e. The van der Waals surface area contributed by atoms with Crippen molar-refractivity contribution in [2.24, 2.45) is 0 Å². The van der Waals surface area contributed by atoms with Gasteiger partial charge in [-0.3, -0.25) is 0 Å². The average molecular weight is 422 g/mol. The van der Waals surface area contributed by atoms with Crippen LogP contribution in [-0.2, 0) is 16.6 Å². The Labute approximate surface area is 167 Å². The molecule has 0 unspecified atom stereocenters. The first-order valence-corrected chi connectivity index (χ1v) is 11.5. The zero-order chi connectivity index (χ0) is 19.0. The third-order valence-corrected chi connectivity index (χ3v) is 8.32. The van der Waals surface area contributed by atoms with Gasteiger partial charge in [0.1, 0.15) is 9.86 Å². The minimum atomic E-state index is -3.49. The molecule has 0 aromatic carbocycles. The highest BCUT2D eigenvalue weighted by Gasteiger charge is 2.28. The maximum absolute atomic E-state index is 12.8. The number of hydrogen-bond donors (Lipinski definition) is 0. The van der Waals surface area contributed by atoms with Gasteiger partial charge in [0.2, 0.25) is 0 Å². The van der Waals surface area contributed by atoms with Crippen molar-refractivity contribution < 1.29 is 8.42 Å². The molecule has 4 heterocycles. The molecule has 1 aliphatic rings. The Balaban J connectivity index is 1.64. The van der Waals surface area contributed by atoms with Gasteiger partial charge in [-0.05, 0) is 42.7 Å². The molecule has 142 valence electrons. The smallest absolute Gasteiger partial charge is 0.252 e. The molecule has 3 aromatic rings. The van der Waals surface area contributed by atoms with E-state index in [0.717, 1.165) is 40.9 Å². The summed E-state index contributed by atoms with van der Waals surface area (Å²) >= 11 is 7.01. The quantitative estimate of drug-likeness (QED) is 0.603. The Kier molecular flexibility index (Phi) is 5.11. The normalized spacial score (nSPS) is 16.0. The second-order valence-corrected chi connectivity index (χ2v) is 10.4. The topological polar surface area (TPSA) is 55.2 Å². The second-order valence-electron chi connectivity index (χ2n) is 6.51. The van der Waals surface area contributed by atoms with Crippen LogP contribution in [0.1, 0.15) is 25.3 Å². The largest absolute Gasteiger partial charge is 0.332 e. The number of rotatable bonds is 5. The molecule has 27 heavy (non-hydrogen) atoms. The standard InChI is InChI=1S/C19H20ClN3O2S2/c1-2-10-22-13-16(15-4-3-9-21-19(15)22)14-7-11-23(12-8-14)27(24,25)18-6-5-17(20)26-18/h3-7,9,13H,2,8,10-12H2,1H3. The molecular formula is C19H20ClN3O2S2. The van der Waals surface area contributed by atoms with Crippen LogP contribution in [0.2, 0.25) is 4.34 Å². The van der Waals surface area contributed by atoms with Gasteiger partial charge in [0.25, 0.3) is 10.0 Å². The number of sulfonamides is 1. The molecule has 8 heteroatoms. The molecule has 0 amide bonds. The number of halogens is 1. The van der Waals surface area contributed by atoms with E-state index in [-0.39, 0.29) is 0 Å². The summed E-state index contributed by atoms with van der Waals surface area (Å²) in [6, 6.07) is 7.23. The molecule has 3 aromatic heterocycles. The average Bonchev–Trinajstić information content (AvgIpc) is 3.27. The summed E-state index contributed by atoms with van der Waals surface area (Å²) in [5.41, 5.74) is 3.32. The first kappa shape index (κ1) is 18.7. The van der Waals surface area contributed by atoms with Crippen molar-refractivity contribution in [1.29, 1.82) is 0 Å². The first-order valence-electron chi connectivity index (χ1n) is 8.89. The van der Waals surface area contributed by atoms with E-state index < -0.39 is 10.0 Å². The lowest BCUT2D eigenvalue weighted by molar-refractivity contribution is 0.443. The molecule has 0 spiro atoms. The first-order chi connectivity index (χ1) is 13.0. The van der Waals surface area contributed by atoms with Gasteiger partial charge in [0, 0.05) is 43.0 Å².